The van der Waals surface area contributed by atoms with E-state index in [9.17, 15) is 61.0 Å². The van der Waals surface area contributed by atoms with Crippen LogP contribution in [0, 0.1) is 0 Å². The number of rotatable bonds is 11. The Morgan fingerprint density at radius 2 is 1.36 bits per heavy atom. The van der Waals surface area contributed by atoms with Gasteiger partial charge < -0.3 is 84.6 Å². The quantitative estimate of drug-likeness (QED) is 0.0407. The molecule has 0 amide bonds. The summed E-state index contributed by atoms with van der Waals surface area (Å²) in [5, 5.41) is 114. The number of hydrogen-bond acceptors (Lipinski definition) is 18. The number of carbonyl (C=O) groups excluding carboxylic acids is 1. The maximum Gasteiger partial charge on any atom is 0.402 e. The summed E-state index contributed by atoms with van der Waals surface area (Å²) < 4.78 is 39.5. The molecule has 0 radical (unpaired) electrons. The Morgan fingerprint density at radius 1 is 0.732 bits per heavy atom. The van der Waals surface area contributed by atoms with Crippen molar-refractivity contribution >= 4 is 23.0 Å². The minimum absolute atomic E-state index is 0.00873. The molecule has 10 atom stereocenters. The summed E-state index contributed by atoms with van der Waals surface area (Å²) >= 11 is 0. The zero-order valence-electron chi connectivity index (χ0n) is 29.2. The number of phenols is 4. The summed E-state index contributed by atoms with van der Waals surface area (Å²) in [6.45, 7) is -1.38. The largest absolute Gasteiger partial charge is 0.508 e. The Morgan fingerprint density at radius 3 is 2.00 bits per heavy atom. The van der Waals surface area contributed by atoms with E-state index in [2.05, 4.69) is 0 Å². The topological polar surface area (TPSA) is 306 Å². The monoisotopic (exact) mass is 787 g/mol. The SMILES string of the molecule is COc1cc(-c2[o+]c3cc(O)cc(O[C@@H]4O[C@H](CO)[C@@H](O)[C@H](O)[C@H]4O)c3cc2O[C@@H]2O[C@H](COC(=O)C=Cc3ccc(O)cc3)[C@@H](O)[C@H](O)[C@H]2O)cc(O)c1O. The molecule has 19 nitrogen and oxygen atoms in total. The van der Waals surface area contributed by atoms with Crippen molar-refractivity contribution in [3.05, 3.63) is 66.2 Å². The van der Waals surface area contributed by atoms with Crippen LogP contribution in [0.5, 0.6) is 40.2 Å². The molecule has 3 aromatic carbocycles. The van der Waals surface area contributed by atoms with Crippen LogP contribution in [-0.2, 0) is 19.0 Å². The van der Waals surface area contributed by atoms with Crippen molar-refractivity contribution in [2.24, 2.45) is 0 Å². The third kappa shape index (κ3) is 8.35. The molecule has 0 bridgehead atoms. The highest BCUT2D eigenvalue weighted by atomic mass is 16.7. The Labute approximate surface area is 316 Å². The van der Waals surface area contributed by atoms with Crippen molar-refractivity contribution in [2.45, 2.75) is 61.4 Å². The normalized spacial score (nSPS) is 27.9. The lowest BCUT2D eigenvalue weighted by atomic mass is 9.99. The molecule has 0 saturated carbocycles. The zero-order chi connectivity index (χ0) is 40.4. The molecule has 3 heterocycles. The minimum Gasteiger partial charge on any atom is -0.508 e. The summed E-state index contributed by atoms with van der Waals surface area (Å²) in [6.07, 6.45) is -14.9. The first-order valence-electron chi connectivity index (χ1n) is 16.9. The fraction of sp³-hybridized carbons (Fsp3) is 0.351. The summed E-state index contributed by atoms with van der Waals surface area (Å²) in [5.74, 6) is -3.61. The lowest BCUT2D eigenvalue weighted by Crippen LogP contribution is -2.60. The van der Waals surface area contributed by atoms with E-state index < -0.39 is 97.8 Å². The molecular formula is C37H39O19+. The molecule has 11 N–H and O–H groups in total. The van der Waals surface area contributed by atoms with E-state index in [-0.39, 0.29) is 45.3 Å². The van der Waals surface area contributed by atoms with Crippen LogP contribution in [0.2, 0.25) is 0 Å². The average molecular weight is 788 g/mol. The third-order valence-electron chi connectivity index (χ3n) is 9.04. The smallest absolute Gasteiger partial charge is 0.402 e. The van der Waals surface area contributed by atoms with Gasteiger partial charge in [0, 0.05) is 30.3 Å². The van der Waals surface area contributed by atoms with Crippen LogP contribution in [0.15, 0.2) is 65.1 Å². The number of aromatic hydroxyl groups is 4. The van der Waals surface area contributed by atoms with Gasteiger partial charge in [-0.15, -0.1) is 0 Å². The molecule has 4 aromatic rings. The summed E-state index contributed by atoms with van der Waals surface area (Å²) in [7, 11) is 1.21. The van der Waals surface area contributed by atoms with Gasteiger partial charge in [-0.3, -0.25) is 0 Å². The van der Waals surface area contributed by atoms with E-state index in [0.29, 0.717) is 5.56 Å². The molecule has 0 aliphatic carbocycles. The van der Waals surface area contributed by atoms with Crippen molar-refractivity contribution in [2.75, 3.05) is 20.3 Å². The van der Waals surface area contributed by atoms with Crippen LogP contribution in [0.4, 0.5) is 0 Å². The number of fused-ring (bicyclic) bond motifs is 1. The third-order valence-corrected chi connectivity index (χ3v) is 9.04. The van der Waals surface area contributed by atoms with Crippen molar-refractivity contribution in [3.8, 4) is 51.6 Å². The number of esters is 1. The summed E-state index contributed by atoms with van der Waals surface area (Å²) in [5.41, 5.74) is 0.420. The lowest BCUT2D eigenvalue weighted by molar-refractivity contribution is -0.278. The Balaban J connectivity index is 1.35. The van der Waals surface area contributed by atoms with E-state index in [4.69, 9.17) is 32.8 Å². The molecule has 6 rings (SSSR count). The van der Waals surface area contributed by atoms with E-state index >= 15 is 0 Å². The van der Waals surface area contributed by atoms with Crippen LogP contribution in [0.1, 0.15) is 5.56 Å². The number of phenolic OH excluding ortho intramolecular Hbond substituents is 4. The van der Waals surface area contributed by atoms with Gasteiger partial charge in [-0.05, 0) is 23.8 Å². The number of hydrogen-bond donors (Lipinski definition) is 11. The molecule has 2 fully saturated rings. The number of benzene rings is 3. The summed E-state index contributed by atoms with van der Waals surface area (Å²) in [4.78, 5) is 12.5. The molecule has 56 heavy (non-hydrogen) atoms. The number of carbonyl (C=O) groups is 1. The van der Waals surface area contributed by atoms with Gasteiger partial charge in [-0.25, -0.2) is 9.21 Å². The minimum atomic E-state index is -1.94. The van der Waals surface area contributed by atoms with Crippen molar-refractivity contribution in [1.82, 2.24) is 0 Å². The number of methoxy groups -OCH3 is 1. The highest BCUT2D eigenvalue weighted by molar-refractivity contribution is 5.89. The van der Waals surface area contributed by atoms with E-state index in [0.717, 1.165) is 24.3 Å². The van der Waals surface area contributed by atoms with Gasteiger partial charge in [0.1, 0.15) is 78.1 Å². The predicted molar refractivity (Wildman–Crippen MR) is 187 cm³/mol. The van der Waals surface area contributed by atoms with E-state index in [1.165, 1.54) is 37.5 Å². The van der Waals surface area contributed by atoms with Gasteiger partial charge in [-0.2, -0.15) is 0 Å². The molecule has 1 aromatic heterocycles. The van der Waals surface area contributed by atoms with Gasteiger partial charge in [0.05, 0.1) is 25.3 Å². The van der Waals surface area contributed by atoms with Gasteiger partial charge >= 0.3 is 17.3 Å². The van der Waals surface area contributed by atoms with Crippen LogP contribution in [0.3, 0.4) is 0 Å². The highest BCUT2D eigenvalue weighted by Gasteiger charge is 2.47. The molecule has 2 aliphatic heterocycles. The Hall–Kier alpha value is -5.48. The van der Waals surface area contributed by atoms with Crippen LogP contribution in [0.25, 0.3) is 28.4 Å². The molecule has 0 unspecified atom stereocenters. The number of aliphatic hydroxyl groups is 7. The average Bonchev–Trinajstić information content (AvgIpc) is 3.18. The first kappa shape index (κ1) is 40.2. The molecule has 300 valence electrons. The highest BCUT2D eigenvalue weighted by Crippen LogP contribution is 2.46. The maximum absolute atomic E-state index is 12.5. The number of ether oxygens (including phenoxy) is 6. The van der Waals surface area contributed by atoms with Crippen molar-refractivity contribution in [1.29, 1.82) is 0 Å². The van der Waals surface area contributed by atoms with Gasteiger partial charge in [0.2, 0.25) is 24.1 Å². The van der Waals surface area contributed by atoms with Crippen molar-refractivity contribution < 1.29 is 93.8 Å². The molecule has 2 saturated heterocycles. The van der Waals surface area contributed by atoms with Crippen LogP contribution in [-0.4, -0.2) is 144 Å². The van der Waals surface area contributed by atoms with Crippen LogP contribution < -0.4 is 14.2 Å². The van der Waals surface area contributed by atoms with Crippen LogP contribution >= 0.6 is 0 Å². The predicted octanol–water partition coefficient (Wildman–Crippen LogP) is -0.166. The fourth-order valence-corrected chi connectivity index (χ4v) is 5.97. The van der Waals surface area contributed by atoms with Gasteiger partial charge in [-0.1, -0.05) is 12.1 Å². The molecular weight excluding hydrogens is 748 g/mol. The second-order valence-electron chi connectivity index (χ2n) is 12.8. The maximum atomic E-state index is 12.5. The van der Waals surface area contributed by atoms with E-state index in [1.807, 2.05) is 0 Å². The second kappa shape index (κ2) is 16.7. The Kier molecular flexibility index (Phi) is 12.0. The zero-order valence-corrected chi connectivity index (χ0v) is 29.2. The standard InChI is InChI=1S/C37H38O19/c1-50-23-9-16(8-20(41)28(23)43)35-24(12-19-21(52-35)10-18(40)11-22(19)53-36-33(48)31(46)29(44)25(13-38)55-36)54-37-34(49)32(47)30(45)26(56-37)14-51-27(42)7-4-15-2-5-17(39)6-3-15/h2-12,25-26,29-34,36-38,44-49H,13-14H2,1H3,(H3-,39,40,41,42,43)/p+1/t25-,26-,29-,30-,31+,32+,33-,34-,36-,37-/m1/s1. The lowest BCUT2D eigenvalue weighted by Gasteiger charge is -2.39. The molecule has 19 heteroatoms. The van der Waals surface area contributed by atoms with Gasteiger partial charge in [0.15, 0.2) is 11.5 Å². The molecule has 0 spiro atoms. The second-order valence-corrected chi connectivity index (χ2v) is 12.8. The Bertz CT molecular complexity index is 2050. The number of aliphatic hydroxyl groups excluding tert-OH is 7. The first-order chi connectivity index (χ1) is 26.7. The summed E-state index contributed by atoms with van der Waals surface area (Å²) in [6, 6.07) is 11.7. The van der Waals surface area contributed by atoms with Gasteiger partial charge in [0.25, 0.3) is 0 Å². The first-order valence-corrected chi connectivity index (χ1v) is 16.9. The molecule has 2 aliphatic rings. The van der Waals surface area contributed by atoms with E-state index in [1.54, 1.807) is 12.1 Å². The fourth-order valence-electron chi connectivity index (χ4n) is 5.97. The van der Waals surface area contributed by atoms with Crippen molar-refractivity contribution in [3.63, 3.8) is 0 Å².